The summed E-state index contributed by atoms with van der Waals surface area (Å²) in [5.74, 6) is 0.469. The van der Waals surface area contributed by atoms with Crippen molar-refractivity contribution in [1.29, 1.82) is 0 Å². The molecule has 9 heteroatoms. The lowest BCUT2D eigenvalue weighted by atomic mass is 10.1. The number of amides is 2. The number of carbonyl (C=O) groups is 2. The summed E-state index contributed by atoms with van der Waals surface area (Å²) in [6.45, 7) is 2.65. The average molecular weight is 456 g/mol. The molecule has 1 aliphatic rings. The van der Waals surface area contributed by atoms with Crippen LogP contribution in [0.3, 0.4) is 0 Å². The maximum Gasteiger partial charge on any atom is 0.253 e. The van der Waals surface area contributed by atoms with Crippen LogP contribution in [0.5, 0.6) is 0 Å². The van der Waals surface area contributed by atoms with Gasteiger partial charge >= 0.3 is 0 Å². The molecule has 0 atom stereocenters. The van der Waals surface area contributed by atoms with Gasteiger partial charge in [-0.3, -0.25) is 9.59 Å². The van der Waals surface area contributed by atoms with E-state index >= 15 is 0 Å². The van der Waals surface area contributed by atoms with Crippen molar-refractivity contribution >= 4 is 40.9 Å². The highest BCUT2D eigenvalue weighted by Crippen LogP contribution is 2.26. The largest absolute Gasteiger partial charge is 0.349 e. The minimum atomic E-state index is -0.216. The zero-order chi connectivity index (χ0) is 21.8. The smallest absolute Gasteiger partial charge is 0.253 e. The van der Waals surface area contributed by atoms with Crippen molar-refractivity contribution in [3.05, 3.63) is 59.1 Å². The molecule has 4 rings (SSSR count). The lowest BCUT2D eigenvalue weighted by Crippen LogP contribution is -2.27. The Hall–Kier alpha value is -2.84. The summed E-state index contributed by atoms with van der Waals surface area (Å²) in [7, 11) is 0. The third-order valence-electron chi connectivity index (χ3n) is 4.81. The summed E-state index contributed by atoms with van der Waals surface area (Å²) in [4.78, 5) is 25.0. The van der Waals surface area contributed by atoms with Crippen molar-refractivity contribution in [3.63, 3.8) is 0 Å². The van der Waals surface area contributed by atoms with Gasteiger partial charge in [-0.2, -0.15) is 0 Å². The number of halogens is 1. The lowest BCUT2D eigenvalue weighted by Gasteiger charge is -2.11. The number of benzene rings is 2. The molecule has 1 saturated carbocycles. The van der Waals surface area contributed by atoms with E-state index in [1.807, 2.05) is 29.7 Å². The van der Waals surface area contributed by atoms with Crippen LogP contribution in [0, 0.1) is 0 Å². The molecule has 2 amide bonds. The third-order valence-corrected chi connectivity index (χ3v) is 6.01. The van der Waals surface area contributed by atoms with E-state index < -0.39 is 0 Å². The molecule has 3 aromatic rings. The van der Waals surface area contributed by atoms with Crippen LogP contribution in [0.1, 0.15) is 30.1 Å². The van der Waals surface area contributed by atoms with Crippen LogP contribution in [0.2, 0.25) is 5.02 Å². The van der Waals surface area contributed by atoms with Gasteiger partial charge < -0.3 is 15.2 Å². The van der Waals surface area contributed by atoms with Crippen molar-refractivity contribution in [2.45, 2.75) is 37.5 Å². The predicted octanol–water partition coefficient (Wildman–Crippen LogP) is 4.24. The highest BCUT2D eigenvalue weighted by molar-refractivity contribution is 7.99. The molecule has 0 aliphatic heterocycles. The molecule has 1 heterocycles. The standard InChI is InChI=1S/C22H22ClN5O2S/c1-2-28-20(14-6-5-7-15(23)12-14)26-27-22(28)31-13-19(29)25-18-9-4-3-8-17(18)21(30)24-16-10-11-16/h3-9,12,16H,2,10-11,13H2,1H3,(H,24,30)(H,25,29). The first-order valence-electron chi connectivity index (χ1n) is 10.1. The second-order valence-electron chi connectivity index (χ2n) is 7.19. The van der Waals surface area contributed by atoms with E-state index in [0.29, 0.717) is 33.8 Å². The number of hydrogen-bond donors (Lipinski definition) is 2. The maximum atomic E-state index is 12.6. The van der Waals surface area contributed by atoms with E-state index in [9.17, 15) is 9.59 Å². The fourth-order valence-electron chi connectivity index (χ4n) is 3.12. The van der Waals surface area contributed by atoms with Crippen LogP contribution in [0.15, 0.2) is 53.7 Å². The minimum Gasteiger partial charge on any atom is -0.349 e. The third kappa shape index (κ3) is 5.26. The molecule has 7 nitrogen and oxygen atoms in total. The minimum absolute atomic E-state index is 0.145. The van der Waals surface area contributed by atoms with Gasteiger partial charge in [0.2, 0.25) is 5.91 Å². The molecule has 0 spiro atoms. The van der Waals surface area contributed by atoms with Gasteiger partial charge in [-0.05, 0) is 44.0 Å². The Kier molecular flexibility index (Phi) is 6.58. The number of aromatic nitrogens is 3. The van der Waals surface area contributed by atoms with E-state index in [1.54, 1.807) is 30.3 Å². The molecule has 0 saturated heterocycles. The van der Waals surface area contributed by atoms with Crippen LogP contribution in [-0.4, -0.2) is 38.4 Å². The highest BCUT2D eigenvalue weighted by Gasteiger charge is 2.25. The fraction of sp³-hybridized carbons (Fsp3) is 0.273. The Morgan fingerprint density at radius 1 is 1.16 bits per heavy atom. The lowest BCUT2D eigenvalue weighted by molar-refractivity contribution is -0.113. The summed E-state index contributed by atoms with van der Waals surface area (Å²) in [6.07, 6.45) is 2.01. The zero-order valence-electron chi connectivity index (χ0n) is 17.0. The van der Waals surface area contributed by atoms with Crippen LogP contribution in [-0.2, 0) is 11.3 Å². The van der Waals surface area contributed by atoms with Gasteiger partial charge in [-0.25, -0.2) is 0 Å². The molecular weight excluding hydrogens is 434 g/mol. The van der Waals surface area contributed by atoms with Gasteiger partial charge in [-0.1, -0.05) is 47.6 Å². The van der Waals surface area contributed by atoms with E-state index in [0.717, 1.165) is 18.4 Å². The van der Waals surface area contributed by atoms with Crippen molar-refractivity contribution in [2.75, 3.05) is 11.1 Å². The summed E-state index contributed by atoms with van der Waals surface area (Å²) in [6, 6.07) is 14.7. The zero-order valence-corrected chi connectivity index (χ0v) is 18.5. The Morgan fingerprint density at radius 2 is 1.97 bits per heavy atom. The number of para-hydroxylation sites is 1. The topological polar surface area (TPSA) is 88.9 Å². The predicted molar refractivity (Wildman–Crippen MR) is 122 cm³/mol. The van der Waals surface area contributed by atoms with Crippen molar-refractivity contribution in [3.8, 4) is 11.4 Å². The molecule has 2 aromatic carbocycles. The molecular formula is C22H22ClN5O2S. The SMILES string of the molecule is CCn1c(SCC(=O)Nc2ccccc2C(=O)NC2CC2)nnc1-c1cccc(Cl)c1. The molecule has 1 fully saturated rings. The molecule has 2 N–H and O–H groups in total. The van der Waals surface area contributed by atoms with E-state index in [-0.39, 0.29) is 23.6 Å². The van der Waals surface area contributed by atoms with Gasteiger partial charge in [-0.15, -0.1) is 10.2 Å². The number of anilines is 1. The first kappa shape index (κ1) is 21.4. The van der Waals surface area contributed by atoms with Crippen LogP contribution < -0.4 is 10.6 Å². The summed E-state index contributed by atoms with van der Waals surface area (Å²) >= 11 is 7.40. The normalized spacial score (nSPS) is 13.1. The number of carbonyl (C=O) groups excluding carboxylic acids is 2. The Labute approximate surface area is 189 Å². The maximum absolute atomic E-state index is 12.6. The average Bonchev–Trinajstić information content (AvgIpc) is 3.48. The molecule has 0 radical (unpaired) electrons. The first-order chi connectivity index (χ1) is 15.0. The van der Waals surface area contributed by atoms with Gasteiger partial charge in [0.05, 0.1) is 17.0 Å². The molecule has 1 aromatic heterocycles. The van der Waals surface area contributed by atoms with E-state index in [4.69, 9.17) is 11.6 Å². The number of rotatable bonds is 8. The van der Waals surface area contributed by atoms with Gasteiger partial charge in [0.1, 0.15) is 0 Å². The fourth-order valence-corrected chi connectivity index (χ4v) is 4.11. The second-order valence-corrected chi connectivity index (χ2v) is 8.57. The highest BCUT2D eigenvalue weighted by atomic mass is 35.5. The Balaban J connectivity index is 1.42. The summed E-state index contributed by atoms with van der Waals surface area (Å²) < 4.78 is 1.95. The second kappa shape index (κ2) is 9.53. The number of thioether (sulfide) groups is 1. The Bertz CT molecular complexity index is 1110. The van der Waals surface area contributed by atoms with Crippen molar-refractivity contribution in [1.82, 2.24) is 20.1 Å². The number of nitrogens with zero attached hydrogens (tertiary/aromatic N) is 3. The van der Waals surface area contributed by atoms with Gasteiger partial charge in [0.25, 0.3) is 5.91 Å². The van der Waals surface area contributed by atoms with Crippen LogP contribution in [0.25, 0.3) is 11.4 Å². The van der Waals surface area contributed by atoms with Crippen molar-refractivity contribution < 1.29 is 9.59 Å². The molecule has 31 heavy (non-hydrogen) atoms. The first-order valence-corrected chi connectivity index (χ1v) is 11.4. The van der Waals surface area contributed by atoms with Crippen LogP contribution in [0.4, 0.5) is 5.69 Å². The quantitative estimate of drug-likeness (QED) is 0.496. The van der Waals surface area contributed by atoms with Crippen molar-refractivity contribution in [2.24, 2.45) is 0 Å². The Morgan fingerprint density at radius 3 is 2.71 bits per heavy atom. The van der Waals surface area contributed by atoms with Crippen LogP contribution >= 0.6 is 23.4 Å². The number of nitrogens with one attached hydrogen (secondary N) is 2. The molecule has 160 valence electrons. The summed E-state index contributed by atoms with van der Waals surface area (Å²) in [5.41, 5.74) is 1.84. The molecule has 0 bridgehead atoms. The van der Waals surface area contributed by atoms with Gasteiger partial charge in [0.15, 0.2) is 11.0 Å². The number of hydrogen-bond acceptors (Lipinski definition) is 5. The van der Waals surface area contributed by atoms with E-state index in [2.05, 4.69) is 20.8 Å². The van der Waals surface area contributed by atoms with Gasteiger partial charge in [0, 0.05) is 23.2 Å². The monoisotopic (exact) mass is 455 g/mol. The molecule has 0 unspecified atom stereocenters. The molecule has 1 aliphatic carbocycles. The van der Waals surface area contributed by atoms with E-state index in [1.165, 1.54) is 11.8 Å². The summed E-state index contributed by atoms with van der Waals surface area (Å²) in [5, 5.41) is 15.6.